The molecule has 0 aromatic heterocycles. The average Bonchev–Trinajstić information content (AvgIpc) is 2.60. The number of rotatable bonds is 18. The Balaban J connectivity index is -0.000000158. The van der Waals surface area contributed by atoms with Gasteiger partial charge in [-0.05, 0) is 0 Å². The fraction of sp³-hybridized carbons (Fsp3) is 0.625. The van der Waals surface area contributed by atoms with E-state index in [1.165, 1.54) is 0 Å². The van der Waals surface area contributed by atoms with Crippen molar-refractivity contribution in [2.24, 2.45) is 0 Å². The first-order valence-corrected chi connectivity index (χ1v) is 8.88. The molecule has 0 aliphatic carbocycles. The van der Waals surface area contributed by atoms with Crippen molar-refractivity contribution in [1.29, 1.82) is 0 Å². The molecular formula is C16H22N4Ni3O12. The van der Waals surface area contributed by atoms with Crippen LogP contribution in [0.1, 0.15) is 0 Å². The molecule has 208 valence electrons. The summed E-state index contributed by atoms with van der Waals surface area (Å²) in [5.41, 5.74) is 0. The van der Waals surface area contributed by atoms with E-state index in [1.807, 2.05) is 0 Å². The van der Waals surface area contributed by atoms with Crippen molar-refractivity contribution in [3.8, 4) is 0 Å². The molecule has 0 bridgehead atoms. The van der Waals surface area contributed by atoms with Crippen LogP contribution in [0.15, 0.2) is 0 Å². The minimum Gasteiger partial charge on any atom is -0.549 e. The Labute approximate surface area is 230 Å². The first-order valence-electron chi connectivity index (χ1n) is 8.88. The van der Waals surface area contributed by atoms with Crippen LogP contribution in [-0.4, -0.2) is 111 Å². The van der Waals surface area contributed by atoms with Gasteiger partial charge in [0.15, 0.2) is 0 Å². The first-order chi connectivity index (χ1) is 14.8. The van der Waals surface area contributed by atoms with E-state index in [9.17, 15) is 59.4 Å². The van der Waals surface area contributed by atoms with E-state index < -0.39 is 62.0 Å². The maximum atomic E-state index is 10.2. The van der Waals surface area contributed by atoms with E-state index >= 15 is 0 Å². The molecule has 0 saturated carbocycles. The molecule has 35 heavy (non-hydrogen) atoms. The molecule has 0 rings (SSSR count). The zero-order valence-electron chi connectivity index (χ0n) is 17.8. The maximum absolute atomic E-state index is 10.2. The molecule has 0 fully saturated rings. The number of hydrogen-bond acceptors (Lipinski definition) is 16. The van der Waals surface area contributed by atoms with Crippen molar-refractivity contribution in [1.82, 2.24) is 20.4 Å². The van der Waals surface area contributed by atoms with Crippen LogP contribution >= 0.6 is 0 Å². The Morgan fingerprint density at radius 2 is 0.686 bits per heavy atom. The van der Waals surface area contributed by atoms with Crippen molar-refractivity contribution in [2.75, 3.05) is 65.4 Å². The zero-order valence-corrected chi connectivity index (χ0v) is 20.8. The Bertz CT molecular complexity index is 571. The minimum absolute atomic E-state index is 0. The van der Waals surface area contributed by atoms with Crippen LogP contribution in [0, 0.1) is 0 Å². The van der Waals surface area contributed by atoms with Crippen molar-refractivity contribution in [3.63, 3.8) is 0 Å². The summed E-state index contributed by atoms with van der Waals surface area (Å²) in [6.07, 6.45) is 0. The standard InChI is InChI=1S/2C8H14N2O6.3Ni/c2*11-6(12)3-9-1-2-10(4-7(13)14)5-8(15)16;;;/h2*9H,1-5H2,(H,11,12)(H,13,14)(H,15,16);;;/q;;3*+2/p-6. The first kappa shape index (κ1) is 43.2. The van der Waals surface area contributed by atoms with Gasteiger partial charge in [0.25, 0.3) is 0 Å². The molecule has 0 aromatic carbocycles. The largest absolute Gasteiger partial charge is 2.00 e. The van der Waals surface area contributed by atoms with Crippen LogP contribution in [0.3, 0.4) is 0 Å². The summed E-state index contributed by atoms with van der Waals surface area (Å²) in [5, 5.41) is 65.8. The fourth-order valence-electron chi connectivity index (χ4n) is 2.01. The van der Waals surface area contributed by atoms with Crippen LogP contribution in [0.5, 0.6) is 0 Å². The van der Waals surface area contributed by atoms with Gasteiger partial charge >= 0.3 is 49.5 Å². The molecule has 16 nitrogen and oxygen atoms in total. The predicted molar refractivity (Wildman–Crippen MR) is 88.7 cm³/mol. The van der Waals surface area contributed by atoms with Crippen LogP contribution in [0.4, 0.5) is 0 Å². The number of carbonyl (C=O) groups excluding carboxylic acids is 6. The molecule has 0 radical (unpaired) electrons. The second-order valence-electron chi connectivity index (χ2n) is 6.01. The molecule has 0 aromatic rings. The summed E-state index contributed by atoms with van der Waals surface area (Å²) in [5.74, 6) is -8.26. The van der Waals surface area contributed by atoms with Crippen molar-refractivity contribution in [3.05, 3.63) is 0 Å². The summed E-state index contributed by atoms with van der Waals surface area (Å²) in [4.78, 5) is 63.1. The van der Waals surface area contributed by atoms with Gasteiger partial charge in [0.2, 0.25) is 0 Å². The molecule has 0 saturated heterocycles. The molecule has 0 aliphatic heterocycles. The number of carboxylic acid groups (broad SMARTS) is 6. The van der Waals surface area contributed by atoms with Crippen LogP contribution < -0.4 is 41.3 Å². The number of nitrogens with zero attached hydrogens (tertiary/aromatic N) is 2. The summed E-state index contributed by atoms with van der Waals surface area (Å²) in [7, 11) is 0. The van der Waals surface area contributed by atoms with Gasteiger partial charge in [-0.1, -0.05) is 0 Å². The van der Waals surface area contributed by atoms with Crippen LogP contribution in [0.2, 0.25) is 0 Å². The molecule has 0 heterocycles. The van der Waals surface area contributed by atoms with E-state index in [-0.39, 0.29) is 88.7 Å². The van der Waals surface area contributed by atoms with E-state index in [0.29, 0.717) is 0 Å². The molecule has 0 amide bonds. The second-order valence-corrected chi connectivity index (χ2v) is 6.01. The van der Waals surface area contributed by atoms with Gasteiger partial charge in [-0.3, -0.25) is 9.80 Å². The van der Waals surface area contributed by atoms with Gasteiger partial charge in [-0.2, -0.15) is 0 Å². The molecule has 0 unspecified atom stereocenters. The SMILES string of the molecule is O=C([O-])CNCCN(CC(=O)[O-])CC(=O)[O-].O=C([O-])CNCCN(CC(=O)[O-])CC(=O)[O-].[Ni+2].[Ni+2].[Ni+2]. The zero-order chi connectivity index (χ0) is 25.1. The van der Waals surface area contributed by atoms with Crippen molar-refractivity contribution < 1.29 is 109 Å². The van der Waals surface area contributed by atoms with E-state index in [1.54, 1.807) is 0 Å². The Morgan fingerprint density at radius 3 is 0.857 bits per heavy atom. The smallest absolute Gasteiger partial charge is 0.549 e. The molecular weight excluding hydrogens is 616 g/mol. The summed E-state index contributed by atoms with van der Waals surface area (Å²) in [6.45, 7) is -2.65. The Hall–Kier alpha value is -1.86. The van der Waals surface area contributed by atoms with Gasteiger partial charge in [0.05, 0.1) is 35.8 Å². The summed E-state index contributed by atoms with van der Waals surface area (Å²) in [6, 6.07) is 0. The monoisotopic (exact) mass is 636 g/mol. The van der Waals surface area contributed by atoms with Gasteiger partial charge in [-0.25, -0.2) is 0 Å². The quantitative estimate of drug-likeness (QED) is 0.104. The summed E-state index contributed by atoms with van der Waals surface area (Å²) < 4.78 is 0. The number of nitrogens with one attached hydrogen (secondary N) is 2. The third-order valence-corrected chi connectivity index (χ3v) is 3.16. The van der Waals surface area contributed by atoms with Crippen molar-refractivity contribution in [2.45, 2.75) is 0 Å². The van der Waals surface area contributed by atoms with E-state index in [0.717, 1.165) is 9.80 Å². The molecule has 0 atom stereocenters. The average molecular weight is 638 g/mol. The molecule has 2 N–H and O–H groups in total. The van der Waals surface area contributed by atoms with Gasteiger partial charge in [-0.15, -0.1) is 0 Å². The minimum atomic E-state index is -1.42. The Morgan fingerprint density at radius 1 is 0.457 bits per heavy atom. The number of aliphatic carboxylic acids is 6. The maximum Gasteiger partial charge on any atom is 2.00 e. The normalized spacial score (nSPS) is 9.43. The molecule has 19 heteroatoms. The van der Waals surface area contributed by atoms with Gasteiger partial charge < -0.3 is 70.0 Å². The number of hydrogen-bond donors (Lipinski definition) is 2. The fourth-order valence-corrected chi connectivity index (χ4v) is 2.01. The topological polar surface area (TPSA) is 271 Å². The van der Waals surface area contributed by atoms with E-state index in [4.69, 9.17) is 0 Å². The van der Waals surface area contributed by atoms with Gasteiger partial charge in [0, 0.05) is 65.4 Å². The number of carbonyl (C=O) groups is 6. The third kappa shape index (κ3) is 36.9. The predicted octanol–water partition coefficient (Wildman–Crippen LogP) is -11.8. The molecule has 0 aliphatic rings. The van der Waals surface area contributed by atoms with E-state index in [2.05, 4.69) is 10.6 Å². The molecule has 0 spiro atoms. The second kappa shape index (κ2) is 26.7. The van der Waals surface area contributed by atoms with Crippen LogP contribution in [0.25, 0.3) is 0 Å². The van der Waals surface area contributed by atoms with Crippen molar-refractivity contribution >= 4 is 35.8 Å². The van der Waals surface area contributed by atoms with Gasteiger partial charge in [0.1, 0.15) is 0 Å². The van der Waals surface area contributed by atoms with Crippen LogP contribution in [-0.2, 0) is 78.2 Å². The Kier molecular flexibility index (Phi) is 33.0. The number of carboxylic acids is 6. The third-order valence-electron chi connectivity index (χ3n) is 3.16. The summed E-state index contributed by atoms with van der Waals surface area (Å²) >= 11 is 0.